The Morgan fingerprint density at radius 1 is 1.29 bits per heavy atom. The van der Waals surface area contributed by atoms with Crippen LogP contribution in [0.15, 0.2) is 42.0 Å². The summed E-state index contributed by atoms with van der Waals surface area (Å²) >= 11 is 0. The van der Waals surface area contributed by atoms with Gasteiger partial charge in [0.2, 0.25) is 0 Å². The molecule has 1 rings (SSSR count). The molecule has 0 saturated carbocycles. The second-order valence-electron chi connectivity index (χ2n) is 5.25. The van der Waals surface area contributed by atoms with Crippen molar-refractivity contribution in [1.29, 1.82) is 0 Å². The van der Waals surface area contributed by atoms with Gasteiger partial charge in [0.25, 0.3) is 0 Å². The lowest BCUT2D eigenvalue weighted by molar-refractivity contribution is 0.139. The van der Waals surface area contributed by atoms with Crippen molar-refractivity contribution in [3.8, 4) is 0 Å². The summed E-state index contributed by atoms with van der Waals surface area (Å²) in [5.74, 6) is 0. The van der Waals surface area contributed by atoms with E-state index in [-0.39, 0.29) is 12.1 Å². The highest BCUT2D eigenvalue weighted by molar-refractivity contribution is 5.67. The van der Waals surface area contributed by atoms with Crippen molar-refractivity contribution in [1.82, 2.24) is 10.6 Å². The van der Waals surface area contributed by atoms with Crippen molar-refractivity contribution >= 4 is 6.09 Å². The third kappa shape index (κ3) is 8.15. The van der Waals surface area contributed by atoms with Crippen LogP contribution >= 0.6 is 0 Å². The zero-order valence-corrected chi connectivity index (χ0v) is 13.2. The third-order valence-electron chi connectivity index (χ3n) is 2.87. The first-order valence-electron chi connectivity index (χ1n) is 7.44. The van der Waals surface area contributed by atoms with Gasteiger partial charge in [0, 0.05) is 12.6 Å². The van der Waals surface area contributed by atoms with E-state index in [4.69, 9.17) is 4.74 Å². The molecule has 4 heteroatoms. The second-order valence-corrected chi connectivity index (χ2v) is 5.25. The molecule has 1 amide bonds. The molecule has 1 aromatic rings. The highest BCUT2D eigenvalue weighted by Crippen LogP contribution is 2.00. The topological polar surface area (TPSA) is 50.4 Å². The van der Waals surface area contributed by atoms with Gasteiger partial charge in [-0.2, -0.15) is 0 Å². The van der Waals surface area contributed by atoms with E-state index in [0.717, 1.165) is 18.5 Å². The van der Waals surface area contributed by atoms with E-state index in [2.05, 4.69) is 23.6 Å². The number of carbonyl (C=O) groups excluding carboxylic acids is 1. The zero-order chi connectivity index (χ0) is 15.5. The average Bonchev–Trinajstić information content (AvgIpc) is 2.48. The first-order chi connectivity index (χ1) is 10.1. The Morgan fingerprint density at radius 3 is 2.62 bits per heavy atom. The van der Waals surface area contributed by atoms with Crippen LogP contribution in [0.4, 0.5) is 4.79 Å². The molecule has 0 spiro atoms. The van der Waals surface area contributed by atoms with E-state index in [9.17, 15) is 4.79 Å². The van der Waals surface area contributed by atoms with Crippen molar-refractivity contribution in [2.24, 2.45) is 0 Å². The van der Waals surface area contributed by atoms with Crippen molar-refractivity contribution in [2.75, 3.05) is 13.1 Å². The summed E-state index contributed by atoms with van der Waals surface area (Å²) in [6.45, 7) is 7.97. The Labute approximate surface area is 127 Å². The van der Waals surface area contributed by atoms with Crippen LogP contribution in [0.3, 0.4) is 0 Å². The van der Waals surface area contributed by atoms with Gasteiger partial charge < -0.3 is 15.4 Å². The van der Waals surface area contributed by atoms with Crippen molar-refractivity contribution in [2.45, 2.75) is 39.8 Å². The number of benzene rings is 1. The van der Waals surface area contributed by atoms with Gasteiger partial charge in [0.15, 0.2) is 0 Å². The maximum Gasteiger partial charge on any atom is 0.407 e. The smallest absolute Gasteiger partial charge is 0.407 e. The number of hydrogen-bond donors (Lipinski definition) is 2. The van der Waals surface area contributed by atoms with Crippen molar-refractivity contribution in [3.05, 3.63) is 47.5 Å². The molecule has 2 N–H and O–H groups in total. The first-order valence-corrected chi connectivity index (χ1v) is 7.44. The van der Waals surface area contributed by atoms with Crippen LogP contribution in [0.1, 0.15) is 32.8 Å². The lowest BCUT2D eigenvalue weighted by atomic mass is 10.2. The van der Waals surface area contributed by atoms with Gasteiger partial charge in [-0.3, -0.25) is 0 Å². The number of amides is 1. The van der Waals surface area contributed by atoms with Gasteiger partial charge in [0.05, 0.1) is 0 Å². The zero-order valence-electron chi connectivity index (χ0n) is 13.2. The minimum atomic E-state index is -0.385. The fourth-order valence-electron chi connectivity index (χ4n) is 1.89. The molecule has 1 unspecified atom stereocenters. The molecule has 0 saturated heterocycles. The number of carbonyl (C=O) groups is 1. The summed E-state index contributed by atoms with van der Waals surface area (Å²) < 4.78 is 5.19. The molecule has 1 aromatic carbocycles. The molecular weight excluding hydrogens is 264 g/mol. The predicted octanol–water partition coefficient (Wildman–Crippen LogP) is 3.25. The molecule has 0 bridgehead atoms. The maximum absolute atomic E-state index is 11.7. The van der Waals surface area contributed by atoms with E-state index in [1.807, 2.05) is 44.2 Å². The minimum Gasteiger partial charge on any atom is -0.445 e. The number of rotatable bonds is 8. The lowest BCUT2D eigenvalue weighted by Gasteiger charge is -2.16. The van der Waals surface area contributed by atoms with Crippen LogP contribution < -0.4 is 10.6 Å². The van der Waals surface area contributed by atoms with Crippen LogP contribution in [0, 0.1) is 0 Å². The molecule has 0 aliphatic rings. The molecular formula is C17H26N2O2. The van der Waals surface area contributed by atoms with Crippen LogP contribution in [-0.2, 0) is 11.3 Å². The normalized spacial score (nSPS) is 11.6. The first kappa shape index (κ1) is 17.2. The van der Waals surface area contributed by atoms with E-state index in [0.29, 0.717) is 13.2 Å². The molecule has 0 aliphatic heterocycles. The monoisotopic (exact) mass is 290 g/mol. The fourth-order valence-corrected chi connectivity index (χ4v) is 1.89. The number of nitrogens with one attached hydrogen (secondary N) is 2. The highest BCUT2D eigenvalue weighted by atomic mass is 16.5. The summed E-state index contributed by atoms with van der Waals surface area (Å²) in [6.07, 6.45) is 2.79. The van der Waals surface area contributed by atoms with Crippen LogP contribution in [-0.4, -0.2) is 25.2 Å². The lowest BCUT2D eigenvalue weighted by Crippen LogP contribution is -2.40. The fraction of sp³-hybridized carbons (Fsp3) is 0.471. The standard InChI is InChI=1S/C17H26N2O2/c1-4-10-18-16(11-14(2)3)12-19-17(20)21-13-15-8-6-5-7-9-15/h5-9,11,16,18H,4,10,12-13H2,1-3H3,(H,19,20). The van der Waals surface area contributed by atoms with Crippen LogP contribution in [0.25, 0.3) is 0 Å². The minimum absolute atomic E-state index is 0.138. The predicted molar refractivity (Wildman–Crippen MR) is 86.1 cm³/mol. The van der Waals surface area contributed by atoms with Crippen molar-refractivity contribution in [3.63, 3.8) is 0 Å². The van der Waals surface area contributed by atoms with E-state index < -0.39 is 0 Å². The molecule has 0 heterocycles. The summed E-state index contributed by atoms with van der Waals surface area (Å²) in [5.41, 5.74) is 2.21. The molecule has 4 nitrogen and oxygen atoms in total. The maximum atomic E-state index is 11.7. The van der Waals surface area contributed by atoms with Crippen LogP contribution in [0.2, 0.25) is 0 Å². The van der Waals surface area contributed by atoms with Crippen LogP contribution in [0.5, 0.6) is 0 Å². The van der Waals surface area contributed by atoms with Gasteiger partial charge in [-0.25, -0.2) is 4.79 Å². The van der Waals surface area contributed by atoms with E-state index in [1.54, 1.807) is 0 Å². The molecule has 0 aromatic heterocycles. The average molecular weight is 290 g/mol. The second kappa shape index (κ2) is 10.00. The summed E-state index contributed by atoms with van der Waals surface area (Å²) in [4.78, 5) is 11.7. The summed E-state index contributed by atoms with van der Waals surface area (Å²) in [6, 6.07) is 9.79. The molecule has 0 fully saturated rings. The Bertz CT molecular complexity index is 439. The molecule has 116 valence electrons. The number of ether oxygens (including phenoxy) is 1. The Kier molecular flexibility index (Phi) is 8.21. The number of allylic oxidation sites excluding steroid dienone is 1. The quantitative estimate of drug-likeness (QED) is 0.723. The Hall–Kier alpha value is -1.81. The number of hydrogen-bond acceptors (Lipinski definition) is 3. The van der Waals surface area contributed by atoms with Gasteiger partial charge in [-0.1, -0.05) is 48.9 Å². The third-order valence-corrected chi connectivity index (χ3v) is 2.87. The number of alkyl carbamates (subject to hydrolysis) is 1. The van der Waals surface area contributed by atoms with Gasteiger partial charge >= 0.3 is 6.09 Å². The molecule has 0 radical (unpaired) electrons. The summed E-state index contributed by atoms with van der Waals surface area (Å²) in [5, 5.41) is 6.18. The molecule has 1 atom stereocenters. The van der Waals surface area contributed by atoms with Crippen molar-refractivity contribution < 1.29 is 9.53 Å². The Morgan fingerprint density at radius 2 is 2.00 bits per heavy atom. The van der Waals surface area contributed by atoms with E-state index in [1.165, 1.54) is 5.57 Å². The van der Waals surface area contributed by atoms with Gasteiger partial charge in [-0.15, -0.1) is 0 Å². The van der Waals surface area contributed by atoms with Gasteiger partial charge in [0.1, 0.15) is 6.61 Å². The SMILES string of the molecule is CCCNC(C=C(C)C)CNC(=O)OCc1ccccc1. The highest BCUT2D eigenvalue weighted by Gasteiger charge is 2.08. The Balaban J connectivity index is 2.33. The summed E-state index contributed by atoms with van der Waals surface area (Å²) in [7, 11) is 0. The van der Waals surface area contributed by atoms with Gasteiger partial charge in [-0.05, 0) is 32.4 Å². The molecule has 0 aliphatic carbocycles. The molecule has 21 heavy (non-hydrogen) atoms. The largest absolute Gasteiger partial charge is 0.445 e. The van der Waals surface area contributed by atoms with E-state index >= 15 is 0 Å².